The van der Waals surface area contributed by atoms with Crippen LogP contribution in [0.1, 0.15) is 28.9 Å². The predicted octanol–water partition coefficient (Wildman–Crippen LogP) is 3.28. The quantitative estimate of drug-likeness (QED) is 0.655. The van der Waals surface area contributed by atoms with Crippen molar-refractivity contribution in [2.45, 2.75) is 12.8 Å². The van der Waals surface area contributed by atoms with Crippen molar-refractivity contribution >= 4 is 5.91 Å². The Kier molecular flexibility index (Phi) is 5.75. The van der Waals surface area contributed by atoms with Crippen molar-refractivity contribution in [1.82, 2.24) is 19.7 Å². The minimum absolute atomic E-state index is 0.0125. The smallest absolute Gasteiger partial charge is 0.272 e. The molecule has 7 heteroatoms. The number of aryl methyl sites for hydroxylation is 1. The molecule has 0 aliphatic carbocycles. The molecule has 7 nitrogen and oxygen atoms in total. The molecule has 1 amide bonds. The molecule has 2 aromatic heterocycles. The van der Waals surface area contributed by atoms with Crippen LogP contribution in [0.5, 0.6) is 5.88 Å². The number of aromatic nitrogens is 3. The Morgan fingerprint density at radius 2 is 2.10 bits per heavy atom. The molecule has 0 spiro atoms. The van der Waals surface area contributed by atoms with Crippen molar-refractivity contribution in [3.8, 4) is 23.2 Å². The van der Waals surface area contributed by atoms with Gasteiger partial charge in [-0.3, -0.25) is 9.48 Å². The fourth-order valence-corrected chi connectivity index (χ4v) is 3.73. The van der Waals surface area contributed by atoms with Gasteiger partial charge in [-0.05, 0) is 25.0 Å². The number of piperidine rings is 1. The summed E-state index contributed by atoms with van der Waals surface area (Å²) >= 11 is 0. The van der Waals surface area contributed by atoms with Crippen molar-refractivity contribution in [1.29, 1.82) is 5.26 Å². The third kappa shape index (κ3) is 4.33. The Morgan fingerprint density at radius 1 is 1.27 bits per heavy atom. The number of carbonyl (C=O) groups excluding carboxylic acids is 1. The van der Waals surface area contributed by atoms with Gasteiger partial charge in [0.2, 0.25) is 5.88 Å². The first-order chi connectivity index (χ1) is 14.6. The molecule has 1 saturated heterocycles. The van der Waals surface area contributed by atoms with Gasteiger partial charge in [-0.2, -0.15) is 10.4 Å². The lowest BCUT2D eigenvalue weighted by molar-refractivity contribution is 0.0620. The third-order valence-electron chi connectivity index (χ3n) is 5.31. The molecule has 1 aliphatic heterocycles. The topological polar surface area (TPSA) is 84.0 Å². The van der Waals surface area contributed by atoms with Gasteiger partial charge in [-0.25, -0.2) is 4.98 Å². The van der Waals surface area contributed by atoms with Gasteiger partial charge >= 0.3 is 0 Å². The normalized spacial score (nSPS) is 16.1. The molecule has 152 valence electrons. The molecule has 1 aliphatic rings. The number of hydrogen-bond acceptors (Lipinski definition) is 5. The molecule has 1 unspecified atom stereocenters. The highest BCUT2D eigenvalue weighted by Crippen LogP contribution is 2.23. The standard InChI is InChI=1S/C23H23N5O2/c1-27-21(13-20(26-27)19-7-3-2-4-8-19)23(29)28-11-5-6-18(15-28)16-30-22-12-17(14-24)9-10-25-22/h2-4,7-10,12-13,18H,5-6,11,15-16H2,1H3. The molecule has 30 heavy (non-hydrogen) atoms. The van der Waals surface area contributed by atoms with E-state index < -0.39 is 0 Å². The summed E-state index contributed by atoms with van der Waals surface area (Å²) in [5.41, 5.74) is 2.88. The van der Waals surface area contributed by atoms with Gasteiger partial charge < -0.3 is 9.64 Å². The lowest BCUT2D eigenvalue weighted by Crippen LogP contribution is -2.42. The van der Waals surface area contributed by atoms with E-state index in [1.807, 2.05) is 41.3 Å². The van der Waals surface area contributed by atoms with Crippen LogP contribution in [-0.4, -0.2) is 45.3 Å². The van der Waals surface area contributed by atoms with Gasteiger partial charge in [-0.15, -0.1) is 0 Å². The van der Waals surface area contributed by atoms with E-state index in [1.165, 1.54) is 0 Å². The minimum Gasteiger partial charge on any atom is -0.477 e. The van der Waals surface area contributed by atoms with Gasteiger partial charge in [0, 0.05) is 43.9 Å². The highest BCUT2D eigenvalue weighted by molar-refractivity contribution is 5.93. The number of benzene rings is 1. The monoisotopic (exact) mass is 401 g/mol. The third-order valence-corrected chi connectivity index (χ3v) is 5.31. The number of nitriles is 1. The van der Waals surface area contributed by atoms with Crippen LogP contribution in [0.2, 0.25) is 0 Å². The molecule has 3 heterocycles. The Labute approximate surface area is 175 Å². The number of pyridine rings is 1. The Balaban J connectivity index is 1.41. The van der Waals surface area contributed by atoms with Crippen LogP contribution in [0.15, 0.2) is 54.7 Å². The number of carbonyl (C=O) groups is 1. The van der Waals surface area contributed by atoms with Crippen molar-refractivity contribution in [2.24, 2.45) is 13.0 Å². The molecule has 0 saturated carbocycles. The Morgan fingerprint density at radius 3 is 2.90 bits per heavy atom. The first kappa shape index (κ1) is 19.6. The minimum atomic E-state index is -0.0125. The van der Waals surface area contributed by atoms with Gasteiger partial charge in [0.25, 0.3) is 5.91 Å². The summed E-state index contributed by atoms with van der Waals surface area (Å²) in [5, 5.41) is 13.5. The van der Waals surface area contributed by atoms with E-state index in [2.05, 4.69) is 16.2 Å². The molecule has 0 N–H and O–H groups in total. The summed E-state index contributed by atoms with van der Waals surface area (Å²) < 4.78 is 7.44. The predicted molar refractivity (Wildman–Crippen MR) is 112 cm³/mol. The van der Waals surface area contributed by atoms with Crippen molar-refractivity contribution in [3.63, 3.8) is 0 Å². The zero-order chi connectivity index (χ0) is 20.9. The van der Waals surface area contributed by atoms with E-state index in [9.17, 15) is 4.79 Å². The summed E-state index contributed by atoms with van der Waals surface area (Å²) in [4.78, 5) is 19.2. The molecule has 1 fully saturated rings. The maximum Gasteiger partial charge on any atom is 0.272 e. The average Bonchev–Trinajstić information content (AvgIpc) is 3.19. The zero-order valence-corrected chi connectivity index (χ0v) is 16.9. The Hall–Kier alpha value is -3.66. The summed E-state index contributed by atoms with van der Waals surface area (Å²) in [5.74, 6) is 0.648. The summed E-state index contributed by atoms with van der Waals surface area (Å²) in [6.07, 6.45) is 3.48. The molecule has 0 bridgehead atoms. The molecular formula is C23H23N5O2. The van der Waals surface area contributed by atoms with E-state index >= 15 is 0 Å². The van der Waals surface area contributed by atoms with Gasteiger partial charge in [0.1, 0.15) is 5.69 Å². The molecule has 4 rings (SSSR count). The zero-order valence-electron chi connectivity index (χ0n) is 16.9. The van der Waals surface area contributed by atoms with Crippen LogP contribution in [0.3, 0.4) is 0 Å². The average molecular weight is 401 g/mol. The number of rotatable bonds is 5. The highest BCUT2D eigenvalue weighted by atomic mass is 16.5. The molecule has 1 aromatic carbocycles. The summed E-state index contributed by atoms with van der Waals surface area (Å²) in [6.45, 7) is 1.82. The van der Waals surface area contributed by atoms with E-state index in [1.54, 1.807) is 30.1 Å². The first-order valence-electron chi connectivity index (χ1n) is 10.0. The fraction of sp³-hybridized carbons (Fsp3) is 0.304. The first-order valence-corrected chi connectivity index (χ1v) is 10.0. The molecule has 1 atom stereocenters. The van der Waals surface area contributed by atoms with Crippen molar-refractivity contribution < 1.29 is 9.53 Å². The van der Waals surface area contributed by atoms with Gasteiger partial charge in [0.15, 0.2) is 0 Å². The number of nitrogens with zero attached hydrogens (tertiary/aromatic N) is 5. The summed E-state index contributed by atoms with van der Waals surface area (Å²) in [7, 11) is 1.80. The van der Waals surface area contributed by atoms with Crippen LogP contribution < -0.4 is 4.74 Å². The fourth-order valence-electron chi connectivity index (χ4n) is 3.73. The van der Waals surface area contributed by atoms with Crippen LogP contribution in [0, 0.1) is 17.2 Å². The van der Waals surface area contributed by atoms with E-state index in [0.29, 0.717) is 30.3 Å². The second kappa shape index (κ2) is 8.78. The van der Waals surface area contributed by atoms with Gasteiger partial charge in [0.05, 0.1) is 23.9 Å². The molecular weight excluding hydrogens is 378 g/mol. The number of hydrogen-bond donors (Lipinski definition) is 0. The van der Waals surface area contributed by atoms with E-state index in [-0.39, 0.29) is 11.8 Å². The Bertz CT molecular complexity index is 1070. The highest BCUT2D eigenvalue weighted by Gasteiger charge is 2.27. The molecule has 3 aromatic rings. The van der Waals surface area contributed by atoms with Crippen LogP contribution in [-0.2, 0) is 7.05 Å². The van der Waals surface area contributed by atoms with E-state index in [4.69, 9.17) is 10.00 Å². The van der Waals surface area contributed by atoms with Crippen molar-refractivity contribution in [2.75, 3.05) is 19.7 Å². The SMILES string of the molecule is Cn1nc(-c2ccccc2)cc1C(=O)N1CCCC(COc2cc(C#N)ccn2)C1. The second-order valence-corrected chi connectivity index (χ2v) is 7.47. The van der Waals surface area contributed by atoms with E-state index in [0.717, 1.165) is 30.6 Å². The lowest BCUT2D eigenvalue weighted by atomic mass is 9.98. The number of ether oxygens (including phenoxy) is 1. The summed E-state index contributed by atoms with van der Waals surface area (Å²) in [6, 6.07) is 17.1. The maximum absolute atomic E-state index is 13.1. The largest absolute Gasteiger partial charge is 0.477 e. The number of amides is 1. The number of likely N-dealkylation sites (tertiary alicyclic amines) is 1. The lowest BCUT2D eigenvalue weighted by Gasteiger charge is -2.32. The molecule has 0 radical (unpaired) electrons. The second-order valence-electron chi connectivity index (χ2n) is 7.47. The van der Waals surface area contributed by atoms with Crippen molar-refractivity contribution in [3.05, 3.63) is 66.0 Å². The van der Waals surface area contributed by atoms with Gasteiger partial charge in [-0.1, -0.05) is 30.3 Å². The van der Waals surface area contributed by atoms with Crippen LogP contribution in [0.25, 0.3) is 11.3 Å². The van der Waals surface area contributed by atoms with Crippen LogP contribution in [0.4, 0.5) is 0 Å². The maximum atomic E-state index is 13.1. The van der Waals surface area contributed by atoms with Crippen LogP contribution >= 0.6 is 0 Å².